The molecule has 8 aliphatic heterocycles. The quantitative estimate of drug-likeness (QED) is 0.0153. The number of carbonyl (C=O) groups is 4. The van der Waals surface area contributed by atoms with Crippen LogP contribution in [0.2, 0.25) is 0 Å². The highest BCUT2D eigenvalue weighted by Gasteiger charge is 2.62. The normalized spacial score (nSPS) is 33.0. The van der Waals surface area contributed by atoms with Gasteiger partial charge in [0, 0.05) is 47.0 Å². The Morgan fingerprint density at radius 2 is 0.644 bits per heavy atom. The van der Waals surface area contributed by atoms with Gasteiger partial charge in [0.2, 0.25) is 0 Å². The first-order chi connectivity index (χ1) is 64.6. The summed E-state index contributed by atoms with van der Waals surface area (Å²) in [5.74, 6) is -13.9. The standard InChI is InChI=1S/4C18H18FN2O10PS/c4*1-27-11-4-2-3-9-7-28-32(26,31-13(9)11)29-8-18(19)14(24)12(23)16(30-18)21-5-10(6-22)15(33)20-17(21)25/h4*2-6,12,14,16,23-24H,7-8H2,1H3,(H,20,25,33)/t4*12-,14+,16-,18-,32?/m1111/s1/i8D2,16D;16D;8D2;. The van der Waals surface area contributed by atoms with Gasteiger partial charge in [-0.05, 0) is 24.3 Å². The van der Waals surface area contributed by atoms with Crippen LogP contribution in [0.25, 0.3) is 0 Å². The van der Waals surface area contributed by atoms with Crippen molar-refractivity contribution in [3.63, 3.8) is 0 Å². The lowest BCUT2D eigenvalue weighted by Gasteiger charge is -2.28. The molecule has 8 aromatic rings. The number of hydrogen-bond acceptors (Lipinski definition) is 44. The lowest BCUT2D eigenvalue weighted by Crippen LogP contribution is -2.43. The van der Waals surface area contributed by atoms with Crippen LogP contribution in [0.5, 0.6) is 46.0 Å². The van der Waals surface area contributed by atoms with Crippen LogP contribution in [-0.2, 0) is 99.8 Å². The average Bonchev–Trinajstić information content (AvgIpc) is 1.55. The maximum atomic E-state index is 16.0. The Hall–Kier alpha value is -9.80. The number of hydrogen-bond donors (Lipinski definition) is 12. The maximum absolute atomic E-state index is 16.0. The summed E-state index contributed by atoms with van der Waals surface area (Å²) in [5.41, 5.74) is -3.64. The number of nitrogens with one attached hydrogen (secondary N) is 4. The minimum atomic E-state index is -4.96. The third-order valence-electron chi connectivity index (χ3n) is 19.5. The molecule has 4 fully saturated rings. The zero-order chi connectivity index (χ0) is 101. The maximum Gasteiger partial charge on any atom is 0.530 e. The molecule has 16 rings (SSSR count). The molecule has 0 aliphatic carbocycles. The van der Waals surface area contributed by atoms with E-state index in [1.807, 2.05) is 4.98 Å². The number of nitrogens with zero attached hydrogens (tertiary/aromatic N) is 4. The number of aliphatic hydroxyl groups excluding tert-OH is 8. The van der Waals surface area contributed by atoms with Crippen molar-refractivity contribution in [3.05, 3.63) is 203 Å². The molecule has 712 valence electrons. The molecule has 20 atom stereocenters. The van der Waals surface area contributed by atoms with Crippen LogP contribution in [0, 0.1) is 18.6 Å². The summed E-state index contributed by atoms with van der Waals surface area (Å²) < 4.78 is 265. The van der Waals surface area contributed by atoms with Gasteiger partial charge in [-0.2, -0.15) is 0 Å². The van der Waals surface area contributed by atoms with Gasteiger partial charge in [-0.1, -0.05) is 97.4 Å². The molecule has 0 saturated carbocycles. The van der Waals surface area contributed by atoms with Crippen molar-refractivity contribution in [3.8, 4) is 46.0 Å². The molecule has 0 amide bonds. The summed E-state index contributed by atoms with van der Waals surface area (Å²) in [6.07, 6.45) is -25.1. The Bertz CT molecular complexity index is 6830. The average molecular weight is 2020 g/mol. The van der Waals surface area contributed by atoms with Crippen molar-refractivity contribution in [1.29, 1.82) is 0 Å². The van der Waals surface area contributed by atoms with Gasteiger partial charge >= 0.3 is 54.0 Å². The summed E-state index contributed by atoms with van der Waals surface area (Å²) in [5, 5.41) is 82.7. The molecule has 12 N–H and O–H groups in total. The number of aromatic amines is 4. The predicted octanol–water partition coefficient (Wildman–Crippen LogP) is 5.51. The fraction of sp³-hybridized carbons (Fsp3) is 0.389. The number of phosphoric ester groups is 4. The topological polar surface area (TPSA) is 634 Å². The summed E-state index contributed by atoms with van der Waals surface area (Å²) >= 11 is 19.2. The number of ether oxygens (including phenoxy) is 8. The fourth-order valence-electron chi connectivity index (χ4n) is 12.7. The number of halogens is 4. The first-order valence-corrected chi connectivity index (χ1v) is 44.4. The molecule has 0 radical (unpaired) electrons. The molecular formula is C72H72F4N8O40P4S4. The van der Waals surface area contributed by atoms with Gasteiger partial charge in [-0.25, -0.2) is 55.0 Å². The molecule has 48 nitrogen and oxygen atoms in total. The number of H-pyrrole nitrogens is 4. The van der Waals surface area contributed by atoms with E-state index in [0.717, 1.165) is 18.6 Å². The number of phosphoric acid groups is 4. The monoisotopic (exact) mass is 2020 g/mol. The van der Waals surface area contributed by atoms with E-state index in [1.54, 1.807) is 48.5 Å². The molecule has 0 spiro atoms. The largest absolute Gasteiger partial charge is 0.530 e. The number of aliphatic hydroxyl groups is 8. The van der Waals surface area contributed by atoms with Crippen molar-refractivity contribution in [2.75, 3.05) is 54.8 Å². The summed E-state index contributed by atoms with van der Waals surface area (Å²) in [6, 6.07) is 18.8. The van der Waals surface area contributed by atoms with Crippen LogP contribution in [0.4, 0.5) is 17.6 Å². The molecule has 132 heavy (non-hydrogen) atoms. The number of methoxy groups -OCH3 is 4. The third kappa shape index (κ3) is 20.3. The highest BCUT2D eigenvalue weighted by Crippen LogP contribution is 2.62. The van der Waals surface area contributed by atoms with Gasteiger partial charge < -0.3 is 96.8 Å². The number of fused-ring (bicyclic) bond motifs is 4. The van der Waals surface area contributed by atoms with E-state index in [0.29, 0.717) is 48.4 Å². The number of alkyl halides is 4. The lowest BCUT2D eigenvalue weighted by atomic mass is 10.1. The molecule has 4 aromatic heterocycles. The number of aromatic nitrogens is 8. The van der Waals surface area contributed by atoms with Crippen molar-refractivity contribution < 1.29 is 196 Å². The summed E-state index contributed by atoms with van der Waals surface area (Å²) in [4.78, 5) is 102. The van der Waals surface area contributed by atoms with Crippen molar-refractivity contribution in [1.82, 2.24) is 38.2 Å². The number of benzene rings is 4. The van der Waals surface area contributed by atoms with E-state index in [9.17, 15) is 97.5 Å². The van der Waals surface area contributed by atoms with Crippen LogP contribution >= 0.6 is 80.2 Å². The Kier molecular flexibility index (Phi) is 27.4. The van der Waals surface area contributed by atoms with Crippen LogP contribution in [0.1, 0.15) is 96.8 Å². The minimum absolute atomic E-state index is 0.0442. The first-order valence-electron chi connectivity index (χ1n) is 40.0. The SMILES string of the molecule is COc1cccc2c1OP(=O)(OC[C@@]1(F)O[C@@H](n3cc(C=O)c(=S)[nH]c3=O)[C@H](O)[C@@H]1O)OC2.[2H]C([2H])(OP1(=O)OCc2cccc(OC)c2O1)[C@@]1(F)O[C@@H](n2cc(C=O)c(=S)[nH]c2=O)[C@H](O)[C@@H]1O.[2H]C([2H])(OP1(=O)OCc2cccc(OC)c2O1)[C@@]1(F)O[C@@]([2H])(n2cc(C=O)c(=S)[nH]c2=O)[C@H](O)[C@@H]1O.[2H][C@@]1(n2cc(C=O)c(=S)[nH]c2=O)O[C@](F)(COP2(=O)OCc3cccc(OC)c3O2)[C@@H](O)[C@H]1O. The number of rotatable bonds is 24. The Morgan fingerprint density at radius 1 is 0.402 bits per heavy atom. The van der Waals surface area contributed by atoms with Crippen LogP contribution in [0.3, 0.4) is 0 Å². The molecular weight excluding hydrogens is 1940 g/mol. The Labute approximate surface area is 763 Å². The molecule has 60 heteroatoms. The lowest BCUT2D eigenvalue weighted by molar-refractivity contribution is -0.205. The van der Waals surface area contributed by atoms with Crippen LogP contribution in [-0.4, -0.2) is 231 Å². The van der Waals surface area contributed by atoms with Gasteiger partial charge in [0.1, 0.15) is 93.7 Å². The second-order valence-electron chi connectivity index (χ2n) is 27.8. The number of aldehydes is 4. The van der Waals surface area contributed by atoms with Gasteiger partial charge in [0.25, 0.3) is 23.4 Å². The number of para-hydroxylation sites is 4. The van der Waals surface area contributed by atoms with E-state index in [-0.39, 0.29) is 130 Å². The summed E-state index contributed by atoms with van der Waals surface area (Å²) in [7, 11) is -13.4. The van der Waals surface area contributed by atoms with Crippen LogP contribution < -0.4 is 59.8 Å². The third-order valence-corrected chi connectivity index (χ3v) is 25.7. The van der Waals surface area contributed by atoms with Crippen molar-refractivity contribution in [2.45, 2.75) is 124 Å². The van der Waals surface area contributed by atoms with E-state index < -0.39 is 184 Å². The summed E-state index contributed by atoms with van der Waals surface area (Å²) in [6.45, 7) is -11.4. The predicted molar refractivity (Wildman–Crippen MR) is 437 cm³/mol. The molecule has 4 saturated heterocycles. The molecule has 12 heterocycles. The molecule has 8 aliphatic rings. The van der Waals surface area contributed by atoms with Crippen LogP contribution in [0.15, 0.2) is 117 Å². The first kappa shape index (κ1) is 91.3. The van der Waals surface area contributed by atoms with Gasteiger partial charge in [0.05, 0.1) is 85.3 Å². The Balaban J connectivity index is 0.000000155. The van der Waals surface area contributed by atoms with Gasteiger partial charge in [0.15, 0.2) is 96.0 Å². The van der Waals surface area contributed by atoms with E-state index in [2.05, 4.69) is 15.0 Å². The van der Waals surface area contributed by atoms with Crippen molar-refractivity contribution in [2.24, 2.45) is 0 Å². The second kappa shape index (κ2) is 39.6. The number of carbonyl (C=O) groups excluding carboxylic acids is 4. The fourth-order valence-corrected chi connectivity index (χ4v) is 18.1. The Morgan fingerprint density at radius 3 is 0.947 bits per heavy atom. The molecule has 4 aromatic carbocycles. The molecule has 0 bridgehead atoms. The highest BCUT2D eigenvalue weighted by atomic mass is 32.1. The van der Waals surface area contributed by atoms with Gasteiger partial charge in [-0.15, -0.1) is 0 Å². The zero-order valence-electron chi connectivity index (χ0n) is 72.9. The smallest absolute Gasteiger partial charge is 0.493 e. The highest BCUT2D eigenvalue weighted by molar-refractivity contribution is 7.72. The molecule has 4 unspecified atom stereocenters. The second-order valence-corrected chi connectivity index (χ2v) is 35.6. The van der Waals surface area contributed by atoms with E-state index >= 15 is 17.6 Å². The minimum Gasteiger partial charge on any atom is -0.493 e. The zero-order valence-corrected chi connectivity index (χ0v) is 73.8. The van der Waals surface area contributed by atoms with E-state index in [4.69, 9.17) is 149 Å². The van der Waals surface area contributed by atoms with Crippen molar-refractivity contribution >= 4 is 105 Å². The van der Waals surface area contributed by atoms with E-state index in [1.165, 1.54) is 52.7 Å². The van der Waals surface area contributed by atoms with Gasteiger partial charge in [-0.3, -0.25) is 93.6 Å².